The van der Waals surface area contributed by atoms with E-state index in [2.05, 4.69) is 21.2 Å². The molecule has 1 aromatic carbocycles. The van der Waals surface area contributed by atoms with Crippen molar-refractivity contribution in [3.63, 3.8) is 0 Å². The van der Waals surface area contributed by atoms with Crippen LogP contribution in [0.4, 0.5) is 4.39 Å². The van der Waals surface area contributed by atoms with Crippen molar-refractivity contribution in [2.45, 2.75) is 19.3 Å². The van der Waals surface area contributed by atoms with Gasteiger partial charge in [0, 0.05) is 4.47 Å². The number of hydrogen-bond acceptors (Lipinski definition) is 1. The molecule has 2 rings (SSSR count). The van der Waals surface area contributed by atoms with Crippen LogP contribution >= 0.6 is 15.9 Å². The van der Waals surface area contributed by atoms with Crippen LogP contribution in [-0.2, 0) is 6.42 Å². The lowest BCUT2D eigenvalue weighted by atomic mass is 9.70. The van der Waals surface area contributed by atoms with E-state index in [0.29, 0.717) is 5.92 Å². The summed E-state index contributed by atoms with van der Waals surface area (Å²) in [6, 6.07) is 5.37. The second kappa shape index (κ2) is 5.28. The second-order valence-corrected chi connectivity index (χ2v) is 5.51. The zero-order valence-corrected chi connectivity index (χ0v) is 11.1. The molecule has 1 saturated carbocycles. The van der Waals surface area contributed by atoms with Crippen LogP contribution in [0.25, 0.3) is 0 Å². The van der Waals surface area contributed by atoms with Crippen molar-refractivity contribution in [3.05, 3.63) is 34.1 Å². The van der Waals surface area contributed by atoms with Crippen LogP contribution in [0.1, 0.15) is 18.4 Å². The molecule has 2 unspecified atom stereocenters. The average Bonchev–Trinajstić information content (AvgIpc) is 2.23. The van der Waals surface area contributed by atoms with E-state index in [9.17, 15) is 4.39 Å². The first-order valence-electron chi connectivity index (χ1n) is 5.79. The smallest absolute Gasteiger partial charge is 0.127 e. The van der Waals surface area contributed by atoms with Gasteiger partial charge in [0.05, 0.1) is 0 Å². The number of nitrogens with one attached hydrogen (secondary N) is 1. The molecule has 0 aromatic heterocycles. The van der Waals surface area contributed by atoms with Crippen LogP contribution in [0.5, 0.6) is 0 Å². The van der Waals surface area contributed by atoms with E-state index >= 15 is 0 Å². The van der Waals surface area contributed by atoms with Gasteiger partial charge in [-0.1, -0.05) is 22.0 Å². The first-order valence-corrected chi connectivity index (χ1v) is 6.58. The first kappa shape index (κ1) is 12.1. The molecule has 3 heteroatoms. The largest absolute Gasteiger partial charge is 0.319 e. The van der Waals surface area contributed by atoms with Crippen molar-refractivity contribution >= 4 is 15.9 Å². The molecule has 0 spiro atoms. The average molecular weight is 286 g/mol. The van der Waals surface area contributed by atoms with E-state index in [1.165, 1.54) is 12.8 Å². The highest BCUT2D eigenvalue weighted by atomic mass is 79.9. The molecule has 2 atom stereocenters. The summed E-state index contributed by atoms with van der Waals surface area (Å²) in [5, 5.41) is 3.21. The van der Waals surface area contributed by atoms with Gasteiger partial charge in [-0.2, -0.15) is 0 Å². The van der Waals surface area contributed by atoms with Crippen LogP contribution < -0.4 is 5.32 Å². The van der Waals surface area contributed by atoms with E-state index in [-0.39, 0.29) is 5.82 Å². The minimum absolute atomic E-state index is 0.0792. The molecule has 0 saturated heterocycles. The third-order valence-corrected chi connectivity index (χ3v) is 4.03. The van der Waals surface area contributed by atoms with Gasteiger partial charge in [0.2, 0.25) is 0 Å². The standard InChI is InChI=1S/C13H17BrFN/c1-16-8-11-3-2-9(11)6-10-4-5-12(14)7-13(10)15/h4-5,7,9,11,16H,2-3,6,8H2,1H3. The molecule has 1 nitrogen and oxygen atoms in total. The molecule has 0 amide bonds. The molecule has 1 fully saturated rings. The summed E-state index contributed by atoms with van der Waals surface area (Å²) in [4.78, 5) is 0. The predicted molar refractivity (Wildman–Crippen MR) is 67.9 cm³/mol. The minimum atomic E-state index is -0.0792. The van der Waals surface area contributed by atoms with Crippen molar-refractivity contribution in [1.29, 1.82) is 0 Å². The lowest BCUT2D eigenvalue weighted by Gasteiger charge is -2.36. The molecule has 0 aliphatic heterocycles. The monoisotopic (exact) mass is 285 g/mol. The van der Waals surface area contributed by atoms with Crippen LogP contribution in [0.2, 0.25) is 0 Å². The third-order valence-electron chi connectivity index (χ3n) is 3.54. The van der Waals surface area contributed by atoms with E-state index in [0.717, 1.165) is 28.9 Å². The van der Waals surface area contributed by atoms with E-state index in [1.54, 1.807) is 6.07 Å². The van der Waals surface area contributed by atoms with Crippen molar-refractivity contribution in [2.24, 2.45) is 11.8 Å². The number of rotatable bonds is 4. The summed E-state index contributed by atoms with van der Waals surface area (Å²) in [7, 11) is 1.98. The fourth-order valence-electron chi connectivity index (χ4n) is 2.41. The molecule has 0 bridgehead atoms. The molecule has 0 radical (unpaired) electrons. The predicted octanol–water partition coefficient (Wildman–Crippen LogP) is 3.38. The summed E-state index contributed by atoms with van der Waals surface area (Å²) >= 11 is 3.28. The van der Waals surface area contributed by atoms with Gasteiger partial charge >= 0.3 is 0 Å². The Hall–Kier alpha value is -0.410. The Bertz CT molecular complexity index is 367. The van der Waals surface area contributed by atoms with Crippen LogP contribution in [0.3, 0.4) is 0 Å². The highest BCUT2D eigenvalue weighted by Gasteiger charge is 2.30. The minimum Gasteiger partial charge on any atom is -0.319 e. The number of benzene rings is 1. The van der Waals surface area contributed by atoms with Crippen molar-refractivity contribution < 1.29 is 4.39 Å². The molecular formula is C13H17BrFN. The summed E-state index contributed by atoms with van der Waals surface area (Å²) in [6.07, 6.45) is 3.40. The van der Waals surface area contributed by atoms with Gasteiger partial charge < -0.3 is 5.32 Å². The normalized spacial score (nSPS) is 24.2. The van der Waals surface area contributed by atoms with Crippen LogP contribution in [0, 0.1) is 17.7 Å². The topological polar surface area (TPSA) is 12.0 Å². The molecule has 1 aliphatic rings. The Morgan fingerprint density at radius 3 is 2.69 bits per heavy atom. The van der Waals surface area contributed by atoms with Gasteiger partial charge in [-0.05, 0) is 62.4 Å². The van der Waals surface area contributed by atoms with E-state index < -0.39 is 0 Å². The fraction of sp³-hybridized carbons (Fsp3) is 0.538. The van der Waals surface area contributed by atoms with Gasteiger partial charge in [-0.25, -0.2) is 4.39 Å². The Kier molecular flexibility index (Phi) is 3.98. The summed E-state index contributed by atoms with van der Waals surface area (Å²) < 4.78 is 14.5. The maximum Gasteiger partial charge on any atom is 0.127 e. The Balaban J connectivity index is 1.98. The molecule has 1 N–H and O–H groups in total. The lowest BCUT2D eigenvalue weighted by Crippen LogP contribution is -2.35. The van der Waals surface area contributed by atoms with Crippen molar-refractivity contribution in [1.82, 2.24) is 5.32 Å². The maximum absolute atomic E-state index is 13.6. The summed E-state index contributed by atoms with van der Waals surface area (Å²) in [6.45, 7) is 1.06. The summed E-state index contributed by atoms with van der Waals surface area (Å²) in [5.74, 6) is 1.31. The van der Waals surface area contributed by atoms with E-state index in [4.69, 9.17) is 0 Å². The quantitative estimate of drug-likeness (QED) is 0.894. The zero-order chi connectivity index (χ0) is 11.5. The highest BCUT2D eigenvalue weighted by molar-refractivity contribution is 9.10. The SMILES string of the molecule is CNCC1CCC1Cc1ccc(Br)cc1F. The Morgan fingerprint density at radius 2 is 2.12 bits per heavy atom. The fourth-order valence-corrected chi connectivity index (χ4v) is 2.74. The van der Waals surface area contributed by atoms with Gasteiger partial charge in [0.1, 0.15) is 5.82 Å². The summed E-state index contributed by atoms with van der Waals surface area (Å²) in [5.41, 5.74) is 0.856. The van der Waals surface area contributed by atoms with Gasteiger partial charge in [0.15, 0.2) is 0 Å². The highest BCUT2D eigenvalue weighted by Crippen LogP contribution is 2.36. The molecule has 16 heavy (non-hydrogen) atoms. The van der Waals surface area contributed by atoms with Gasteiger partial charge in [-0.15, -0.1) is 0 Å². The van der Waals surface area contributed by atoms with Crippen LogP contribution in [0.15, 0.2) is 22.7 Å². The molecule has 88 valence electrons. The molecule has 1 aromatic rings. The van der Waals surface area contributed by atoms with Gasteiger partial charge in [0.25, 0.3) is 0 Å². The molecule has 0 heterocycles. The van der Waals surface area contributed by atoms with Gasteiger partial charge in [-0.3, -0.25) is 0 Å². The first-order chi connectivity index (χ1) is 7.70. The van der Waals surface area contributed by atoms with Crippen LogP contribution in [-0.4, -0.2) is 13.6 Å². The van der Waals surface area contributed by atoms with Crippen molar-refractivity contribution in [3.8, 4) is 0 Å². The Labute approximate surface area is 105 Å². The zero-order valence-electron chi connectivity index (χ0n) is 9.47. The second-order valence-electron chi connectivity index (χ2n) is 4.60. The molecule has 1 aliphatic carbocycles. The molecular weight excluding hydrogens is 269 g/mol. The number of halogens is 2. The lowest BCUT2D eigenvalue weighted by molar-refractivity contribution is 0.172. The maximum atomic E-state index is 13.6. The van der Waals surface area contributed by atoms with Crippen molar-refractivity contribution in [2.75, 3.05) is 13.6 Å². The third kappa shape index (κ3) is 2.64. The number of hydrogen-bond donors (Lipinski definition) is 1. The Morgan fingerprint density at radius 1 is 1.38 bits per heavy atom. The van der Waals surface area contributed by atoms with E-state index in [1.807, 2.05) is 19.2 Å².